The van der Waals surface area contributed by atoms with Crippen molar-refractivity contribution in [3.63, 3.8) is 0 Å². The van der Waals surface area contributed by atoms with Crippen molar-refractivity contribution in [2.24, 2.45) is 0 Å². The summed E-state index contributed by atoms with van der Waals surface area (Å²) < 4.78 is 18.7. The third-order valence-electron chi connectivity index (χ3n) is 4.58. The molecule has 1 N–H and O–H groups in total. The summed E-state index contributed by atoms with van der Waals surface area (Å²) in [6.07, 6.45) is 1.87. The van der Waals surface area contributed by atoms with Crippen LogP contribution in [0.2, 0.25) is 0 Å². The molecule has 3 rings (SSSR count). The average Bonchev–Trinajstić information content (AvgIpc) is 2.73. The second kappa shape index (κ2) is 9.78. The van der Waals surface area contributed by atoms with Gasteiger partial charge in [-0.2, -0.15) is 0 Å². The fourth-order valence-electron chi connectivity index (χ4n) is 2.91. The summed E-state index contributed by atoms with van der Waals surface area (Å²) in [6, 6.07) is 14.9. The highest BCUT2D eigenvalue weighted by Gasteiger charge is 2.12. The van der Waals surface area contributed by atoms with Crippen LogP contribution in [0.5, 0.6) is 11.6 Å². The van der Waals surface area contributed by atoms with Crippen molar-refractivity contribution in [1.82, 2.24) is 10.3 Å². The van der Waals surface area contributed by atoms with E-state index < -0.39 is 0 Å². The lowest BCUT2D eigenvalue weighted by molar-refractivity contribution is -0.121. The minimum absolute atomic E-state index is 0.0353. The number of halogens is 1. The van der Waals surface area contributed by atoms with Crippen molar-refractivity contribution in [2.75, 3.05) is 0 Å². The largest absolute Gasteiger partial charge is 0.439 e. The first-order chi connectivity index (χ1) is 14.4. The Morgan fingerprint density at radius 3 is 2.60 bits per heavy atom. The number of carbonyl (C=O) groups is 2. The summed E-state index contributed by atoms with van der Waals surface area (Å²) in [4.78, 5) is 28.6. The van der Waals surface area contributed by atoms with Crippen LogP contribution in [0.1, 0.15) is 39.9 Å². The molecular weight excluding hydrogens is 383 g/mol. The summed E-state index contributed by atoms with van der Waals surface area (Å²) in [6.45, 7) is 4.12. The Hall–Kier alpha value is -3.54. The normalized spacial score (nSPS) is 10.5. The standard InChI is InChI=1S/C24H23FN2O3/c1-16-6-7-17(2)21(12-16)22(28)9-10-23(29)26-14-18-8-11-24(27-15-18)30-20-5-3-4-19(25)13-20/h3-8,11-13,15H,9-10,14H2,1-2H3,(H,26,29). The van der Waals surface area contributed by atoms with Crippen LogP contribution in [-0.4, -0.2) is 16.7 Å². The lowest BCUT2D eigenvalue weighted by atomic mass is 9.99. The predicted octanol–water partition coefficient (Wildman–Crippen LogP) is 4.91. The quantitative estimate of drug-likeness (QED) is 0.540. The maximum Gasteiger partial charge on any atom is 0.220 e. The van der Waals surface area contributed by atoms with E-state index in [1.54, 1.807) is 30.5 Å². The van der Waals surface area contributed by atoms with E-state index in [-0.39, 0.29) is 30.3 Å². The van der Waals surface area contributed by atoms with Gasteiger partial charge in [-0.3, -0.25) is 9.59 Å². The van der Waals surface area contributed by atoms with Gasteiger partial charge >= 0.3 is 0 Å². The zero-order valence-corrected chi connectivity index (χ0v) is 16.9. The van der Waals surface area contributed by atoms with Crippen molar-refractivity contribution >= 4 is 11.7 Å². The lowest BCUT2D eigenvalue weighted by Crippen LogP contribution is -2.23. The summed E-state index contributed by atoms with van der Waals surface area (Å²) in [5.41, 5.74) is 3.39. The van der Waals surface area contributed by atoms with Gasteiger partial charge in [0, 0.05) is 43.3 Å². The zero-order valence-electron chi connectivity index (χ0n) is 16.9. The molecule has 1 amide bonds. The molecule has 0 saturated heterocycles. The topological polar surface area (TPSA) is 68.3 Å². The Bertz CT molecular complexity index is 1050. The second-order valence-electron chi connectivity index (χ2n) is 7.08. The van der Waals surface area contributed by atoms with Gasteiger partial charge in [-0.05, 0) is 43.2 Å². The molecule has 0 radical (unpaired) electrons. The van der Waals surface area contributed by atoms with E-state index in [1.807, 2.05) is 32.0 Å². The van der Waals surface area contributed by atoms with Crippen molar-refractivity contribution in [1.29, 1.82) is 0 Å². The first kappa shape index (κ1) is 21.2. The van der Waals surface area contributed by atoms with Crippen LogP contribution in [-0.2, 0) is 11.3 Å². The number of nitrogens with one attached hydrogen (secondary N) is 1. The third-order valence-corrected chi connectivity index (χ3v) is 4.58. The number of amides is 1. The highest BCUT2D eigenvalue weighted by Crippen LogP contribution is 2.20. The summed E-state index contributed by atoms with van der Waals surface area (Å²) in [7, 11) is 0. The maximum absolute atomic E-state index is 13.2. The molecule has 2 aromatic carbocycles. The Kier molecular flexibility index (Phi) is 6.91. The maximum atomic E-state index is 13.2. The van der Waals surface area contributed by atoms with E-state index in [2.05, 4.69) is 10.3 Å². The van der Waals surface area contributed by atoms with Gasteiger partial charge in [0.05, 0.1) is 0 Å². The van der Waals surface area contributed by atoms with E-state index in [1.165, 1.54) is 12.1 Å². The number of ether oxygens (including phenoxy) is 1. The molecule has 0 bridgehead atoms. The van der Waals surface area contributed by atoms with E-state index in [4.69, 9.17) is 4.74 Å². The average molecular weight is 406 g/mol. The molecule has 0 saturated carbocycles. The highest BCUT2D eigenvalue weighted by molar-refractivity contribution is 5.99. The molecular formula is C24H23FN2O3. The zero-order chi connectivity index (χ0) is 21.5. The number of pyridine rings is 1. The van der Waals surface area contributed by atoms with Gasteiger partial charge in [0.15, 0.2) is 5.78 Å². The van der Waals surface area contributed by atoms with Gasteiger partial charge < -0.3 is 10.1 Å². The van der Waals surface area contributed by atoms with Crippen LogP contribution >= 0.6 is 0 Å². The predicted molar refractivity (Wildman–Crippen MR) is 112 cm³/mol. The van der Waals surface area contributed by atoms with Gasteiger partial charge in [0.1, 0.15) is 11.6 Å². The van der Waals surface area contributed by atoms with Gasteiger partial charge in [0.2, 0.25) is 11.8 Å². The summed E-state index contributed by atoms with van der Waals surface area (Å²) in [5, 5.41) is 2.79. The molecule has 154 valence electrons. The molecule has 0 spiro atoms. The van der Waals surface area contributed by atoms with Gasteiger partial charge in [-0.1, -0.05) is 29.8 Å². The Labute approximate surface area is 174 Å². The van der Waals surface area contributed by atoms with E-state index in [0.717, 1.165) is 16.7 Å². The van der Waals surface area contributed by atoms with Gasteiger partial charge in [-0.25, -0.2) is 9.37 Å². The fourth-order valence-corrected chi connectivity index (χ4v) is 2.91. The van der Waals surface area contributed by atoms with E-state index in [0.29, 0.717) is 23.7 Å². The molecule has 0 fully saturated rings. The minimum atomic E-state index is -0.386. The van der Waals surface area contributed by atoms with E-state index >= 15 is 0 Å². The molecule has 5 nitrogen and oxygen atoms in total. The number of aryl methyl sites for hydroxylation is 2. The monoisotopic (exact) mass is 406 g/mol. The highest BCUT2D eigenvalue weighted by atomic mass is 19.1. The number of hydrogen-bond acceptors (Lipinski definition) is 4. The van der Waals surface area contributed by atoms with E-state index in [9.17, 15) is 14.0 Å². The van der Waals surface area contributed by atoms with Crippen molar-refractivity contribution in [3.8, 4) is 11.6 Å². The molecule has 3 aromatic rings. The van der Waals surface area contributed by atoms with Crippen molar-refractivity contribution in [2.45, 2.75) is 33.2 Å². The van der Waals surface area contributed by atoms with Crippen LogP contribution in [0.25, 0.3) is 0 Å². The molecule has 30 heavy (non-hydrogen) atoms. The number of hydrogen-bond donors (Lipinski definition) is 1. The first-order valence-electron chi connectivity index (χ1n) is 9.66. The number of Topliss-reactive ketones (excluding diaryl/α,β-unsaturated/α-hetero) is 1. The molecule has 1 aromatic heterocycles. The molecule has 0 aliphatic carbocycles. The molecule has 1 heterocycles. The molecule has 6 heteroatoms. The van der Waals surface area contributed by atoms with Crippen molar-refractivity contribution < 1.29 is 18.7 Å². The van der Waals surface area contributed by atoms with Crippen LogP contribution in [0.3, 0.4) is 0 Å². The van der Waals surface area contributed by atoms with Crippen LogP contribution in [0, 0.1) is 19.7 Å². The number of carbonyl (C=O) groups excluding carboxylic acids is 2. The summed E-state index contributed by atoms with van der Waals surface area (Å²) in [5.74, 6) is 0.0651. The van der Waals surface area contributed by atoms with Crippen molar-refractivity contribution in [3.05, 3.63) is 88.9 Å². The second-order valence-corrected chi connectivity index (χ2v) is 7.08. The molecule has 0 aliphatic heterocycles. The molecule has 0 aliphatic rings. The first-order valence-corrected chi connectivity index (χ1v) is 9.66. The number of benzene rings is 2. The Morgan fingerprint density at radius 2 is 1.87 bits per heavy atom. The Balaban J connectivity index is 1.46. The fraction of sp³-hybridized carbons (Fsp3) is 0.208. The van der Waals surface area contributed by atoms with Gasteiger partial charge in [0.25, 0.3) is 0 Å². The summed E-state index contributed by atoms with van der Waals surface area (Å²) >= 11 is 0. The number of aromatic nitrogens is 1. The molecule has 0 unspecified atom stereocenters. The van der Waals surface area contributed by atoms with Crippen LogP contribution in [0.15, 0.2) is 60.8 Å². The third kappa shape index (κ3) is 5.98. The number of nitrogens with zero attached hydrogens (tertiary/aromatic N) is 1. The number of ketones is 1. The Morgan fingerprint density at radius 1 is 1.03 bits per heavy atom. The SMILES string of the molecule is Cc1ccc(C)c(C(=O)CCC(=O)NCc2ccc(Oc3cccc(F)c3)nc2)c1. The lowest BCUT2D eigenvalue weighted by Gasteiger charge is -2.08. The van der Waals surface area contributed by atoms with Gasteiger partial charge in [-0.15, -0.1) is 0 Å². The van der Waals surface area contributed by atoms with Crippen LogP contribution in [0.4, 0.5) is 4.39 Å². The molecule has 0 atom stereocenters. The number of rotatable bonds is 8. The minimum Gasteiger partial charge on any atom is -0.439 e. The van der Waals surface area contributed by atoms with Crippen LogP contribution < -0.4 is 10.1 Å². The smallest absolute Gasteiger partial charge is 0.220 e.